The van der Waals surface area contributed by atoms with Gasteiger partial charge in [-0.15, -0.1) is 0 Å². The maximum Gasteiger partial charge on any atom is 0.342 e. The largest absolute Gasteiger partial charge is 0.508 e. The fraction of sp³-hybridized carbons (Fsp3) is 0.500. The van der Waals surface area contributed by atoms with Crippen LogP contribution in [-0.4, -0.2) is 33.5 Å². The van der Waals surface area contributed by atoms with E-state index in [0.717, 1.165) is 6.07 Å². The monoisotopic (exact) mass is 324 g/mol. The standard InChI is InChI=1S/C18H24O5/c1-12-6-5-9-14(19)8-4-2-3-7-13-10-15(20)11-16(21)17(13)18(22)23-12/h3,7,10-12,14,19-21H,2,4-6,8-9H2,1H3/b7-3-/t12-,14-/m0/s1/i8D2,9D2. The van der Waals surface area contributed by atoms with Crippen molar-refractivity contribution in [1.29, 1.82) is 0 Å². The average Bonchev–Trinajstić information content (AvgIpc) is 2.55. The summed E-state index contributed by atoms with van der Waals surface area (Å²) in [6.45, 7) is 1.55. The summed E-state index contributed by atoms with van der Waals surface area (Å²) in [6.07, 6.45) is -4.04. The van der Waals surface area contributed by atoms with Crippen molar-refractivity contribution in [2.24, 2.45) is 0 Å². The first-order chi connectivity index (χ1) is 12.4. The molecule has 2 atom stereocenters. The van der Waals surface area contributed by atoms with Gasteiger partial charge in [0.25, 0.3) is 0 Å². The second-order valence-corrected chi connectivity index (χ2v) is 5.44. The summed E-state index contributed by atoms with van der Waals surface area (Å²) in [7, 11) is 0. The zero-order chi connectivity index (χ0) is 20.4. The molecule has 0 aliphatic carbocycles. The van der Waals surface area contributed by atoms with Crippen molar-refractivity contribution in [3.8, 4) is 11.5 Å². The van der Waals surface area contributed by atoms with Gasteiger partial charge in [0.1, 0.15) is 17.1 Å². The Morgan fingerprint density at radius 2 is 2.00 bits per heavy atom. The highest BCUT2D eigenvalue weighted by atomic mass is 16.5. The lowest BCUT2D eigenvalue weighted by atomic mass is 10.0. The molecule has 0 aromatic heterocycles. The minimum absolute atomic E-state index is 0.0654. The van der Waals surface area contributed by atoms with Gasteiger partial charge in [0.05, 0.1) is 12.2 Å². The summed E-state index contributed by atoms with van der Waals surface area (Å²) in [6, 6.07) is 2.31. The molecule has 1 aliphatic heterocycles. The molecule has 0 amide bonds. The predicted octanol–water partition coefficient (Wildman–Crippen LogP) is 3.37. The molecular formula is C18H24O5. The Morgan fingerprint density at radius 3 is 2.78 bits per heavy atom. The van der Waals surface area contributed by atoms with Gasteiger partial charge in [-0.05, 0) is 57.0 Å². The van der Waals surface area contributed by atoms with E-state index in [4.69, 9.17) is 10.2 Å². The van der Waals surface area contributed by atoms with Crippen LogP contribution in [0.3, 0.4) is 0 Å². The fourth-order valence-electron chi connectivity index (χ4n) is 2.30. The van der Waals surface area contributed by atoms with Gasteiger partial charge >= 0.3 is 5.97 Å². The molecule has 1 aliphatic rings. The lowest BCUT2D eigenvalue weighted by molar-refractivity contribution is 0.0307. The number of phenols is 2. The number of aliphatic hydroxyl groups is 1. The highest BCUT2D eigenvalue weighted by Gasteiger charge is 2.20. The van der Waals surface area contributed by atoms with Crippen LogP contribution in [0, 0.1) is 0 Å². The van der Waals surface area contributed by atoms with Gasteiger partial charge in [-0.25, -0.2) is 4.79 Å². The van der Waals surface area contributed by atoms with Gasteiger partial charge in [-0.1, -0.05) is 12.2 Å². The molecule has 5 nitrogen and oxygen atoms in total. The van der Waals surface area contributed by atoms with E-state index in [1.54, 1.807) is 6.92 Å². The number of phenolic OH excluding ortho intramolecular Hbond substituents is 2. The first-order valence-corrected chi connectivity index (χ1v) is 7.55. The molecule has 1 aromatic carbocycles. The van der Waals surface area contributed by atoms with Crippen molar-refractivity contribution in [3.63, 3.8) is 0 Å². The van der Waals surface area contributed by atoms with Gasteiger partial charge in [-0.3, -0.25) is 0 Å². The van der Waals surface area contributed by atoms with E-state index in [2.05, 4.69) is 0 Å². The second-order valence-electron chi connectivity index (χ2n) is 5.44. The summed E-state index contributed by atoms with van der Waals surface area (Å²) < 4.78 is 37.2. The Hall–Kier alpha value is -2.01. The maximum atomic E-state index is 12.4. The first-order valence-electron chi connectivity index (χ1n) is 9.55. The van der Waals surface area contributed by atoms with E-state index in [0.29, 0.717) is 0 Å². The highest BCUT2D eigenvalue weighted by Crippen LogP contribution is 2.30. The number of carbonyl (C=O) groups excluding carboxylic acids is 1. The van der Waals surface area contributed by atoms with Gasteiger partial charge in [0.2, 0.25) is 0 Å². The average molecular weight is 324 g/mol. The minimum atomic E-state index is -2.19. The van der Waals surface area contributed by atoms with Gasteiger partial charge in [0, 0.05) is 11.5 Å². The maximum absolute atomic E-state index is 12.4. The third-order valence-corrected chi connectivity index (χ3v) is 3.48. The third-order valence-electron chi connectivity index (χ3n) is 3.48. The van der Waals surface area contributed by atoms with E-state index < -0.39 is 36.7 Å². The number of allylic oxidation sites excluding steroid dienone is 1. The van der Waals surface area contributed by atoms with Crippen LogP contribution >= 0.6 is 0 Å². The van der Waals surface area contributed by atoms with Crippen molar-refractivity contribution in [1.82, 2.24) is 0 Å². The molecule has 0 fully saturated rings. The number of hydrogen-bond donors (Lipinski definition) is 3. The van der Waals surface area contributed by atoms with E-state index >= 15 is 0 Å². The Balaban J connectivity index is 2.42. The van der Waals surface area contributed by atoms with Crippen molar-refractivity contribution >= 4 is 12.0 Å². The van der Waals surface area contributed by atoms with Crippen molar-refractivity contribution in [2.75, 3.05) is 0 Å². The molecule has 5 heteroatoms. The Bertz CT molecular complexity index is 733. The summed E-state index contributed by atoms with van der Waals surface area (Å²) in [4.78, 5) is 12.4. The van der Waals surface area contributed by atoms with Crippen LogP contribution in [0.4, 0.5) is 0 Å². The molecule has 0 saturated heterocycles. The van der Waals surface area contributed by atoms with Crippen LogP contribution < -0.4 is 0 Å². The lowest BCUT2D eigenvalue weighted by Crippen LogP contribution is -2.17. The Labute approximate surface area is 141 Å². The minimum Gasteiger partial charge on any atom is -0.508 e. The fourth-order valence-corrected chi connectivity index (χ4v) is 2.30. The van der Waals surface area contributed by atoms with E-state index in [1.807, 2.05) is 0 Å². The summed E-state index contributed by atoms with van der Waals surface area (Å²) >= 11 is 0. The number of cyclic esters (lactones) is 1. The van der Waals surface area contributed by atoms with E-state index in [9.17, 15) is 20.1 Å². The molecule has 1 aromatic rings. The molecule has 0 bridgehead atoms. The van der Waals surface area contributed by atoms with Gasteiger partial charge in [0.15, 0.2) is 0 Å². The van der Waals surface area contributed by atoms with Gasteiger partial charge < -0.3 is 20.1 Å². The summed E-state index contributed by atoms with van der Waals surface area (Å²) in [5, 5.41) is 29.9. The van der Waals surface area contributed by atoms with Crippen LogP contribution in [-0.2, 0) is 4.74 Å². The molecule has 0 radical (unpaired) electrons. The molecule has 1 heterocycles. The van der Waals surface area contributed by atoms with Crippen LogP contribution in [0.25, 0.3) is 6.08 Å². The topological polar surface area (TPSA) is 87.0 Å². The first kappa shape index (κ1) is 12.4. The number of aromatic hydroxyl groups is 2. The number of hydrogen-bond acceptors (Lipinski definition) is 5. The number of ether oxygens (including phenoxy) is 1. The molecule has 0 unspecified atom stereocenters. The van der Waals surface area contributed by atoms with Crippen LogP contribution in [0.1, 0.15) is 66.8 Å². The third kappa shape index (κ3) is 4.99. The van der Waals surface area contributed by atoms with Crippen LogP contribution in [0.2, 0.25) is 0 Å². The van der Waals surface area contributed by atoms with Crippen LogP contribution in [0.5, 0.6) is 11.5 Å². The number of rotatable bonds is 0. The molecule has 126 valence electrons. The van der Waals surface area contributed by atoms with Crippen molar-refractivity contribution < 1.29 is 30.3 Å². The Morgan fingerprint density at radius 1 is 1.26 bits per heavy atom. The highest BCUT2D eigenvalue weighted by molar-refractivity contribution is 5.97. The van der Waals surface area contributed by atoms with Crippen molar-refractivity contribution in [2.45, 2.75) is 57.6 Å². The summed E-state index contributed by atoms with van der Waals surface area (Å²) in [5.74, 6) is -1.50. The number of esters is 1. The molecule has 23 heavy (non-hydrogen) atoms. The lowest BCUT2D eigenvalue weighted by Gasteiger charge is -2.17. The van der Waals surface area contributed by atoms with Crippen molar-refractivity contribution in [3.05, 3.63) is 29.3 Å². The second kappa shape index (κ2) is 8.02. The number of benzene rings is 1. The molecule has 2 rings (SSSR count). The number of fused-ring (bicyclic) bond motifs is 1. The van der Waals surface area contributed by atoms with Gasteiger partial charge in [-0.2, -0.15) is 0 Å². The number of carbonyl (C=O) groups is 1. The SMILES string of the molecule is [2H]C1([2H])CC/C=C\c2cc(O)cc(O)c2C(=O)O[C@@H](C)CCC([2H])([2H])[C@H]1O. The molecule has 0 spiro atoms. The molecular weight excluding hydrogens is 296 g/mol. The zero-order valence-corrected chi connectivity index (χ0v) is 13.0. The van der Waals surface area contributed by atoms with Crippen LogP contribution in [0.15, 0.2) is 18.2 Å². The quantitative estimate of drug-likeness (QED) is 0.637. The molecule has 3 N–H and O–H groups in total. The molecule has 0 saturated carbocycles. The normalized spacial score (nSPS) is 32.0. The Kier molecular flexibility index (Phi) is 4.33. The zero-order valence-electron chi connectivity index (χ0n) is 17.0. The summed E-state index contributed by atoms with van der Waals surface area (Å²) in [5.41, 5.74) is 0.0946. The predicted molar refractivity (Wildman–Crippen MR) is 87.4 cm³/mol. The van der Waals surface area contributed by atoms with E-state index in [1.165, 1.54) is 18.2 Å². The number of aliphatic hydroxyl groups excluding tert-OH is 1. The van der Waals surface area contributed by atoms with E-state index in [-0.39, 0.29) is 42.6 Å². The smallest absolute Gasteiger partial charge is 0.342 e.